The molecule has 6 heteroatoms. The summed E-state index contributed by atoms with van der Waals surface area (Å²) in [5.41, 5.74) is 2.87. The monoisotopic (exact) mass is 332 g/mol. The number of hydrogen-bond acceptors (Lipinski definition) is 4. The van der Waals surface area contributed by atoms with Crippen molar-refractivity contribution in [1.82, 2.24) is 10.6 Å². The SMILES string of the molecule is CC(C)NC(=O)NC(=O)[C@@H](C)OC(=O)c1ccc2c(c1)CCCC2. The fraction of sp³-hybridized carbons (Fsp3) is 0.500. The number of carbonyl (C=O) groups excluding carboxylic acids is 3. The number of ether oxygens (including phenoxy) is 1. The van der Waals surface area contributed by atoms with E-state index in [-0.39, 0.29) is 6.04 Å². The van der Waals surface area contributed by atoms with Gasteiger partial charge in [0.15, 0.2) is 6.10 Å². The summed E-state index contributed by atoms with van der Waals surface area (Å²) >= 11 is 0. The number of nitrogens with one attached hydrogen (secondary N) is 2. The summed E-state index contributed by atoms with van der Waals surface area (Å²) in [6.07, 6.45) is 3.24. The van der Waals surface area contributed by atoms with Crippen molar-refractivity contribution in [3.8, 4) is 0 Å². The summed E-state index contributed by atoms with van der Waals surface area (Å²) in [6, 6.07) is 4.82. The van der Waals surface area contributed by atoms with E-state index in [0.717, 1.165) is 19.3 Å². The highest BCUT2D eigenvalue weighted by atomic mass is 16.5. The fourth-order valence-electron chi connectivity index (χ4n) is 2.65. The minimum Gasteiger partial charge on any atom is -0.449 e. The molecule has 0 fully saturated rings. The average molecular weight is 332 g/mol. The topological polar surface area (TPSA) is 84.5 Å². The Morgan fingerprint density at radius 3 is 2.38 bits per heavy atom. The second-order valence-electron chi connectivity index (χ2n) is 6.36. The quantitative estimate of drug-likeness (QED) is 0.829. The molecule has 24 heavy (non-hydrogen) atoms. The minimum atomic E-state index is -1.05. The van der Waals surface area contributed by atoms with Crippen LogP contribution in [0.2, 0.25) is 0 Å². The lowest BCUT2D eigenvalue weighted by atomic mass is 9.90. The van der Waals surface area contributed by atoms with Crippen molar-refractivity contribution in [2.24, 2.45) is 0 Å². The Labute approximate surface area is 142 Å². The maximum atomic E-state index is 12.2. The molecule has 3 amide bonds. The number of urea groups is 1. The molecule has 0 aliphatic heterocycles. The number of benzene rings is 1. The molecule has 0 saturated heterocycles. The van der Waals surface area contributed by atoms with E-state index < -0.39 is 24.0 Å². The van der Waals surface area contributed by atoms with E-state index in [0.29, 0.717) is 5.56 Å². The van der Waals surface area contributed by atoms with E-state index in [1.54, 1.807) is 19.9 Å². The van der Waals surface area contributed by atoms with Crippen LogP contribution in [-0.2, 0) is 22.4 Å². The van der Waals surface area contributed by atoms with Crippen molar-refractivity contribution in [2.45, 2.75) is 58.6 Å². The number of carbonyl (C=O) groups is 3. The molecular weight excluding hydrogens is 308 g/mol. The van der Waals surface area contributed by atoms with Crippen LogP contribution >= 0.6 is 0 Å². The van der Waals surface area contributed by atoms with Gasteiger partial charge in [-0.1, -0.05) is 6.07 Å². The molecular formula is C18H24N2O4. The van der Waals surface area contributed by atoms with Crippen LogP contribution in [0.1, 0.15) is 55.1 Å². The summed E-state index contributed by atoms with van der Waals surface area (Å²) in [4.78, 5) is 35.6. The summed E-state index contributed by atoms with van der Waals surface area (Å²) in [6.45, 7) is 5.00. The lowest BCUT2D eigenvalue weighted by Crippen LogP contribution is -2.46. The van der Waals surface area contributed by atoms with Gasteiger partial charge in [0.25, 0.3) is 5.91 Å². The van der Waals surface area contributed by atoms with Crippen molar-refractivity contribution >= 4 is 17.9 Å². The molecule has 1 aromatic rings. The second kappa shape index (κ2) is 7.95. The standard InChI is InChI=1S/C18H24N2O4/c1-11(2)19-18(23)20-16(21)12(3)24-17(22)15-9-8-13-6-4-5-7-14(13)10-15/h8-12H,4-7H2,1-3H3,(H2,19,20,21,23)/t12-/m1/s1. The van der Waals surface area contributed by atoms with Gasteiger partial charge in [-0.05, 0) is 69.7 Å². The van der Waals surface area contributed by atoms with E-state index in [9.17, 15) is 14.4 Å². The molecule has 2 N–H and O–H groups in total. The molecule has 130 valence electrons. The summed E-state index contributed by atoms with van der Waals surface area (Å²) in [5, 5.41) is 4.69. The van der Waals surface area contributed by atoms with Gasteiger partial charge in [0, 0.05) is 6.04 Å². The lowest BCUT2D eigenvalue weighted by Gasteiger charge is -2.17. The van der Waals surface area contributed by atoms with Gasteiger partial charge in [0.05, 0.1) is 5.56 Å². The number of aryl methyl sites for hydroxylation is 2. The normalized spacial score (nSPS) is 14.5. The summed E-state index contributed by atoms with van der Waals surface area (Å²) in [5.74, 6) is -1.21. The zero-order valence-electron chi connectivity index (χ0n) is 14.3. The van der Waals surface area contributed by atoms with E-state index >= 15 is 0 Å². The third kappa shape index (κ3) is 4.81. The molecule has 0 spiro atoms. The number of esters is 1. The predicted molar refractivity (Wildman–Crippen MR) is 89.8 cm³/mol. The molecule has 1 aromatic carbocycles. The van der Waals surface area contributed by atoms with Crippen LogP contribution in [0.5, 0.6) is 0 Å². The lowest BCUT2D eigenvalue weighted by molar-refractivity contribution is -0.127. The Kier molecular flexibility index (Phi) is 5.95. The Bertz CT molecular complexity index is 640. The Morgan fingerprint density at radius 2 is 1.71 bits per heavy atom. The summed E-state index contributed by atoms with van der Waals surface area (Å²) in [7, 11) is 0. The average Bonchev–Trinajstić information content (AvgIpc) is 2.53. The van der Waals surface area contributed by atoms with Gasteiger partial charge >= 0.3 is 12.0 Å². The molecule has 2 rings (SSSR count). The molecule has 0 radical (unpaired) electrons. The van der Waals surface area contributed by atoms with E-state index in [1.807, 2.05) is 12.1 Å². The molecule has 1 aliphatic rings. The Balaban J connectivity index is 1.93. The molecule has 0 aromatic heterocycles. The van der Waals surface area contributed by atoms with E-state index in [2.05, 4.69) is 10.6 Å². The molecule has 6 nitrogen and oxygen atoms in total. The number of imide groups is 1. The molecule has 0 unspecified atom stereocenters. The van der Waals surface area contributed by atoms with Crippen molar-refractivity contribution in [2.75, 3.05) is 0 Å². The maximum absolute atomic E-state index is 12.2. The van der Waals surface area contributed by atoms with Gasteiger partial charge in [0.2, 0.25) is 0 Å². The third-order valence-corrected chi connectivity index (χ3v) is 3.89. The molecule has 0 heterocycles. The van der Waals surface area contributed by atoms with Crippen molar-refractivity contribution in [3.63, 3.8) is 0 Å². The van der Waals surface area contributed by atoms with Gasteiger partial charge in [0.1, 0.15) is 0 Å². The highest BCUT2D eigenvalue weighted by molar-refractivity contribution is 5.98. The van der Waals surface area contributed by atoms with Crippen LogP contribution in [0.15, 0.2) is 18.2 Å². The van der Waals surface area contributed by atoms with Crippen LogP contribution in [0.25, 0.3) is 0 Å². The van der Waals surface area contributed by atoms with Crippen LogP contribution in [0, 0.1) is 0 Å². The fourth-order valence-corrected chi connectivity index (χ4v) is 2.65. The first kappa shape index (κ1) is 18.0. The number of rotatable bonds is 4. The Hall–Kier alpha value is -2.37. The second-order valence-corrected chi connectivity index (χ2v) is 6.36. The van der Waals surface area contributed by atoms with Crippen LogP contribution in [0.4, 0.5) is 4.79 Å². The van der Waals surface area contributed by atoms with E-state index in [1.165, 1.54) is 24.5 Å². The summed E-state index contributed by atoms with van der Waals surface area (Å²) < 4.78 is 5.16. The Morgan fingerprint density at radius 1 is 1.04 bits per heavy atom. The van der Waals surface area contributed by atoms with Crippen molar-refractivity contribution < 1.29 is 19.1 Å². The van der Waals surface area contributed by atoms with Gasteiger partial charge < -0.3 is 10.1 Å². The largest absolute Gasteiger partial charge is 0.449 e. The zero-order valence-corrected chi connectivity index (χ0v) is 14.3. The van der Waals surface area contributed by atoms with Gasteiger partial charge in [-0.2, -0.15) is 0 Å². The van der Waals surface area contributed by atoms with Crippen LogP contribution in [-0.4, -0.2) is 30.1 Å². The molecule has 0 bridgehead atoms. The smallest absolute Gasteiger partial charge is 0.338 e. The van der Waals surface area contributed by atoms with Gasteiger partial charge in [-0.15, -0.1) is 0 Å². The van der Waals surface area contributed by atoms with Crippen LogP contribution in [0.3, 0.4) is 0 Å². The van der Waals surface area contributed by atoms with E-state index in [4.69, 9.17) is 4.74 Å². The number of fused-ring (bicyclic) bond motifs is 1. The first-order chi connectivity index (χ1) is 11.4. The highest BCUT2D eigenvalue weighted by Gasteiger charge is 2.22. The maximum Gasteiger partial charge on any atom is 0.338 e. The van der Waals surface area contributed by atoms with Gasteiger partial charge in [-0.25, -0.2) is 9.59 Å². The molecule has 0 saturated carbocycles. The third-order valence-electron chi connectivity index (χ3n) is 3.89. The molecule has 1 aliphatic carbocycles. The van der Waals surface area contributed by atoms with Crippen LogP contribution < -0.4 is 10.6 Å². The number of amides is 3. The van der Waals surface area contributed by atoms with Crippen molar-refractivity contribution in [1.29, 1.82) is 0 Å². The zero-order chi connectivity index (χ0) is 17.7. The first-order valence-electron chi connectivity index (χ1n) is 8.31. The molecule has 1 atom stereocenters. The predicted octanol–water partition coefficient (Wildman–Crippen LogP) is 2.34. The first-order valence-corrected chi connectivity index (χ1v) is 8.31. The van der Waals surface area contributed by atoms with Gasteiger partial charge in [-0.3, -0.25) is 10.1 Å². The van der Waals surface area contributed by atoms with Crippen molar-refractivity contribution in [3.05, 3.63) is 34.9 Å². The number of hydrogen-bond donors (Lipinski definition) is 2. The minimum absolute atomic E-state index is 0.0915. The highest BCUT2D eigenvalue weighted by Crippen LogP contribution is 2.22.